The number of rotatable bonds is 4. The van der Waals surface area contributed by atoms with E-state index in [-0.39, 0.29) is 16.3 Å². The van der Waals surface area contributed by atoms with Crippen LogP contribution in [-0.2, 0) is 0 Å². The molecule has 0 spiro atoms. The number of hydrogen-bond acceptors (Lipinski definition) is 3. The lowest BCUT2D eigenvalue weighted by Gasteiger charge is -2.54. The molecule has 4 N–H and O–H groups in total. The number of hydrogen-bond donors (Lipinski definition) is 2. The summed E-state index contributed by atoms with van der Waals surface area (Å²) in [6, 6.07) is 0. The molecule has 19 heavy (non-hydrogen) atoms. The first-order valence-corrected chi connectivity index (χ1v) is 8.53. The fraction of sp³-hybridized carbons (Fsp3) is 0.875. The Bertz CT molecular complexity index is 343. The summed E-state index contributed by atoms with van der Waals surface area (Å²) in [5.74, 6) is 2.47. The van der Waals surface area contributed by atoms with Crippen LogP contribution in [-0.4, -0.2) is 22.1 Å². The first-order chi connectivity index (χ1) is 8.56. The largest absolute Gasteiger partial charge is 0.324 e. The zero-order valence-electron chi connectivity index (χ0n) is 13.7. The summed E-state index contributed by atoms with van der Waals surface area (Å²) < 4.78 is 0. The van der Waals surface area contributed by atoms with Gasteiger partial charge in [-0.05, 0) is 37.4 Å². The summed E-state index contributed by atoms with van der Waals surface area (Å²) in [6.07, 6.45) is 2.38. The van der Waals surface area contributed by atoms with Gasteiger partial charge >= 0.3 is 0 Å². The van der Waals surface area contributed by atoms with E-state index in [1.54, 1.807) is 0 Å². The summed E-state index contributed by atoms with van der Waals surface area (Å²) in [6.45, 7) is 15.5. The summed E-state index contributed by atoms with van der Waals surface area (Å²) in [5.41, 5.74) is 14.3. The quantitative estimate of drug-likeness (QED) is 0.778. The van der Waals surface area contributed by atoms with Gasteiger partial charge in [-0.1, -0.05) is 46.3 Å². The van der Waals surface area contributed by atoms with E-state index in [1.165, 1.54) is 5.57 Å². The van der Waals surface area contributed by atoms with Gasteiger partial charge in [0.15, 0.2) is 0 Å². The molecule has 0 saturated carbocycles. The van der Waals surface area contributed by atoms with Crippen molar-refractivity contribution >= 4 is 11.8 Å². The molecule has 112 valence electrons. The van der Waals surface area contributed by atoms with Crippen molar-refractivity contribution in [2.45, 2.75) is 64.8 Å². The van der Waals surface area contributed by atoms with Crippen LogP contribution < -0.4 is 11.5 Å². The van der Waals surface area contributed by atoms with E-state index < -0.39 is 0 Å². The molecule has 0 aliphatic heterocycles. The third-order valence-electron chi connectivity index (χ3n) is 4.48. The van der Waals surface area contributed by atoms with Crippen molar-refractivity contribution < 1.29 is 0 Å². The smallest absolute Gasteiger partial charge is 0.0481 e. The van der Waals surface area contributed by atoms with Gasteiger partial charge in [0.1, 0.15) is 0 Å². The summed E-state index contributed by atoms with van der Waals surface area (Å²) in [4.78, 5) is 0. The molecular weight excluding hydrogens is 252 g/mol. The Morgan fingerprint density at radius 1 is 1.21 bits per heavy atom. The van der Waals surface area contributed by atoms with Gasteiger partial charge in [-0.2, -0.15) is 11.8 Å². The van der Waals surface area contributed by atoms with Gasteiger partial charge in [-0.25, -0.2) is 0 Å². The highest BCUT2D eigenvalue weighted by Crippen LogP contribution is 2.47. The maximum Gasteiger partial charge on any atom is 0.0481 e. The lowest BCUT2D eigenvalue weighted by Crippen LogP contribution is -2.68. The molecule has 0 aromatic rings. The van der Waals surface area contributed by atoms with E-state index >= 15 is 0 Å². The molecule has 1 aliphatic rings. The molecule has 4 unspecified atom stereocenters. The molecule has 0 fully saturated rings. The lowest BCUT2D eigenvalue weighted by atomic mass is 9.62. The highest BCUT2D eigenvalue weighted by molar-refractivity contribution is 8.00. The maximum atomic E-state index is 6.75. The summed E-state index contributed by atoms with van der Waals surface area (Å²) in [5, 5.41) is 0.264. The molecule has 0 aromatic heterocycles. The normalized spacial score (nSPS) is 39.8. The van der Waals surface area contributed by atoms with Crippen molar-refractivity contribution in [3.8, 4) is 0 Å². The van der Waals surface area contributed by atoms with E-state index in [1.807, 2.05) is 11.8 Å². The van der Waals surface area contributed by atoms with Gasteiger partial charge in [0.05, 0.1) is 0 Å². The van der Waals surface area contributed by atoms with E-state index in [4.69, 9.17) is 11.5 Å². The van der Waals surface area contributed by atoms with E-state index in [0.717, 1.165) is 5.75 Å². The van der Waals surface area contributed by atoms with E-state index in [9.17, 15) is 0 Å². The Morgan fingerprint density at radius 3 is 2.11 bits per heavy atom. The van der Waals surface area contributed by atoms with Crippen LogP contribution in [0.25, 0.3) is 0 Å². The van der Waals surface area contributed by atoms with Crippen LogP contribution in [0.4, 0.5) is 0 Å². The predicted octanol–water partition coefficient (Wildman–Crippen LogP) is 3.41. The fourth-order valence-corrected chi connectivity index (χ4v) is 5.10. The molecule has 0 aromatic carbocycles. The van der Waals surface area contributed by atoms with Crippen molar-refractivity contribution in [2.75, 3.05) is 5.75 Å². The van der Waals surface area contributed by atoms with Crippen LogP contribution in [0.2, 0.25) is 0 Å². The molecule has 2 nitrogen and oxygen atoms in total. The Hall–Kier alpha value is 0.01000. The van der Waals surface area contributed by atoms with Crippen LogP contribution in [0.1, 0.15) is 48.5 Å². The molecule has 0 saturated heterocycles. The van der Waals surface area contributed by atoms with Crippen molar-refractivity contribution in [3.05, 3.63) is 11.6 Å². The minimum absolute atomic E-state index is 0.253. The molecule has 0 radical (unpaired) electrons. The molecule has 0 heterocycles. The first kappa shape index (κ1) is 17.1. The Morgan fingerprint density at radius 2 is 1.74 bits per heavy atom. The molecular formula is C16H32N2S. The van der Waals surface area contributed by atoms with E-state index in [0.29, 0.717) is 17.8 Å². The molecule has 1 aliphatic carbocycles. The van der Waals surface area contributed by atoms with Gasteiger partial charge < -0.3 is 11.5 Å². The van der Waals surface area contributed by atoms with E-state index in [2.05, 4.69) is 54.5 Å². The second-order valence-electron chi connectivity index (χ2n) is 7.03. The first-order valence-electron chi connectivity index (χ1n) is 7.48. The molecule has 0 bridgehead atoms. The topological polar surface area (TPSA) is 52.0 Å². The molecule has 4 atom stereocenters. The minimum atomic E-state index is -0.316. The van der Waals surface area contributed by atoms with Gasteiger partial charge in [0.25, 0.3) is 0 Å². The summed E-state index contributed by atoms with van der Waals surface area (Å²) in [7, 11) is 0. The average Bonchev–Trinajstić information content (AvgIpc) is 2.22. The zero-order valence-corrected chi connectivity index (χ0v) is 14.5. The zero-order chi connectivity index (χ0) is 15.0. The monoisotopic (exact) mass is 284 g/mol. The molecule has 3 heteroatoms. The fourth-order valence-electron chi connectivity index (χ4n) is 3.77. The third kappa shape index (κ3) is 3.03. The van der Waals surface area contributed by atoms with Crippen LogP contribution in [0.3, 0.4) is 0 Å². The Kier molecular flexibility index (Phi) is 5.20. The lowest BCUT2D eigenvalue weighted by molar-refractivity contribution is 0.209. The predicted molar refractivity (Wildman–Crippen MR) is 88.4 cm³/mol. The average molecular weight is 285 g/mol. The van der Waals surface area contributed by atoms with Crippen molar-refractivity contribution in [3.63, 3.8) is 0 Å². The molecule has 1 rings (SSSR count). The van der Waals surface area contributed by atoms with Crippen LogP contribution in [0.15, 0.2) is 11.6 Å². The van der Waals surface area contributed by atoms with Crippen LogP contribution in [0, 0.1) is 17.8 Å². The van der Waals surface area contributed by atoms with Gasteiger partial charge in [-0.15, -0.1) is 0 Å². The third-order valence-corrected chi connectivity index (χ3v) is 6.15. The Balaban J connectivity index is 3.36. The highest BCUT2D eigenvalue weighted by atomic mass is 32.2. The standard InChI is InChI=1S/C16H32N2S/c1-8-19-14-15(6,17)12(10(2)3)9-13(11(4)5)16(14,7)18/h9-12,14H,8,17-18H2,1-7H3. The number of nitrogens with two attached hydrogens (primary N) is 2. The summed E-state index contributed by atoms with van der Waals surface area (Å²) >= 11 is 1.92. The highest BCUT2D eigenvalue weighted by Gasteiger charge is 2.51. The second-order valence-corrected chi connectivity index (χ2v) is 8.41. The van der Waals surface area contributed by atoms with Crippen LogP contribution >= 0.6 is 11.8 Å². The van der Waals surface area contributed by atoms with Crippen molar-refractivity contribution in [2.24, 2.45) is 29.2 Å². The maximum absolute atomic E-state index is 6.75. The van der Waals surface area contributed by atoms with Crippen molar-refractivity contribution in [1.29, 1.82) is 0 Å². The second kappa shape index (κ2) is 5.79. The Labute approximate surface area is 123 Å². The van der Waals surface area contributed by atoms with Gasteiger partial charge in [0.2, 0.25) is 0 Å². The SMILES string of the molecule is CCSC1C(C)(N)C(C(C)C)=CC(C(C)C)C1(C)N. The minimum Gasteiger partial charge on any atom is -0.324 e. The molecule has 0 amide bonds. The number of thioether (sulfide) groups is 1. The van der Waals surface area contributed by atoms with Gasteiger partial charge in [0, 0.05) is 16.3 Å². The van der Waals surface area contributed by atoms with Gasteiger partial charge in [-0.3, -0.25) is 0 Å². The van der Waals surface area contributed by atoms with Crippen molar-refractivity contribution in [1.82, 2.24) is 0 Å². The van der Waals surface area contributed by atoms with Crippen LogP contribution in [0.5, 0.6) is 0 Å².